The summed E-state index contributed by atoms with van der Waals surface area (Å²) in [6.45, 7) is 8.10. The number of carbonyl (C=O) groups is 1. The lowest BCUT2D eigenvalue weighted by atomic mass is 10.2. The van der Waals surface area contributed by atoms with Crippen LogP contribution in [0.4, 0.5) is 0 Å². The zero-order valence-corrected chi connectivity index (χ0v) is 7.85. The number of unbranched alkanes of at least 4 members (excludes halogenated alkanes) is 1. The summed E-state index contributed by atoms with van der Waals surface area (Å²) in [5.41, 5.74) is 2.88. The van der Waals surface area contributed by atoms with E-state index < -0.39 is 0 Å². The predicted molar refractivity (Wildman–Crippen MR) is 48.4 cm³/mol. The molecule has 70 valence electrons. The third-order valence-electron chi connectivity index (χ3n) is 1.51. The maximum atomic E-state index is 11.0. The number of rotatable bonds is 6. The van der Waals surface area contributed by atoms with Gasteiger partial charge in [0.25, 0.3) is 5.91 Å². The molecule has 0 heterocycles. The molecule has 0 aromatic carbocycles. The highest BCUT2D eigenvalue weighted by Gasteiger charge is 2.02. The van der Waals surface area contributed by atoms with Crippen LogP contribution >= 0.6 is 0 Å². The summed E-state index contributed by atoms with van der Waals surface area (Å²) in [4.78, 5) is 15.9. The number of hydrogen-bond acceptors (Lipinski definition) is 2. The van der Waals surface area contributed by atoms with E-state index in [1.165, 1.54) is 0 Å². The molecule has 0 rings (SSSR count). The maximum absolute atomic E-state index is 11.0. The smallest absolute Gasteiger partial charge is 0.270 e. The average molecular weight is 171 g/mol. The van der Waals surface area contributed by atoms with Crippen molar-refractivity contribution in [2.75, 3.05) is 6.61 Å². The van der Waals surface area contributed by atoms with Crippen LogP contribution in [0.15, 0.2) is 12.2 Å². The fourth-order valence-corrected chi connectivity index (χ4v) is 0.566. The minimum absolute atomic E-state index is 0.214. The summed E-state index contributed by atoms with van der Waals surface area (Å²) in [7, 11) is 0. The van der Waals surface area contributed by atoms with Gasteiger partial charge in [0.2, 0.25) is 0 Å². The van der Waals surface area contributed by atoms with Crippen LogP contribution in [0, 0.1) is 0 Å². The van der Waals surface area contributed by atoms with E-state index in [4.69, 9.17) is 4.84 Å². The molecule has 0 saturated carbocycles. The summed E-state index contributed by atoms with van der Waals surface area (Å²) < 4.78 is 0. The summed E-state index contributed by atoms with van der Waals surface area (Å²) in [6, 6.07) is 0. The molecule has 1 amide bonds. The Balaban J connectivity index is 3.38. The number of carbonyl (C=O) groups excluding carboxylic acids is 1. The summed E-state index contributed by atoms with van der Waals surface area (Å²) in [6.07, 6.45) is 2.67. The van der Waals surface area contributed by atoms with E-state index in [1.807, 2.05) is 6.92 Å². The SMILES string of the molecule is C=C(CC)C(=O)NOCCCC. The first-order valence-corrected chi connectivity index (χ1v) is 4.32. The first-order chi connectivity index (χ1) is 5.72. The lowest BCUT2D eigenvalue weighted by Gasteiger charge is -2.05. The Kier molecular flexibility index (Phi) is 6.38. The van der Waals surface area contributed by atoms with Gasteiger partial charge in [-0.15, -0.1) is 0 Å². The van der Waals surface area contributed by atoms with Crippen LogP contribution in [0.3, 0.4) is 0 Å². The van der Waals surface area contributed by atoms with E-state index in [-0.39, 0.29) is 5.91 Å². The molecule has 0 bridgehead atoms. The first kappa shape index (κ1) is 11.2. The van der Waals surface area contributed by atoms with Crippen LogP contribution in [-0.4, -0.2) is 12.5 Å². The minimum atomic E-state index is -0.214. The second kappa shape index (κ2) is 6.85. The van der Waals surface area contributed by atoms with Crippen molar-refractivity contribution in [2.45, 2.75) is 33.1 Å². The standard InChI is InChI=1S/C9H17NO2/c1-4-6-7-12-10-9(11)8(3)5-2/h3-7H2,1-2H3,(H,10,11). The Morgan fingerprint density at radius 1 is 1.50 bits per heavy atom. The van der Waals surface area contributed by atoms with Crippen molar-refractivity contribution in [1.82, 2.24) is 5.48 Å². The van der Waals surface area contributed by atoms with E-state index in [1.54, 1.807) is 0 Å². The summed E-state index contributed by atoms with van der Waals surface area (Å²) in [5.74, 6) is -0.214. The molecule has 1 N–H and O–H groups in total. The Morgan fingerprint density at radius 2 is 2.17 bits per heavy atom. The van der Waals surface area contributed by atoms with E-state index in [9.17, 15) is 4.79 Å². The molecule has 0 aliphatic heterocycles. The zero-order chi connectivity index (χ0) is 9.40. The van der Waals surface area contributed by atoms with E-state index in [0.717, 1.165) is 12.8 Å². The number of amides is 1. The molecule has 3 heteroatoms. The highest BCUT2D eigenvalue weighted by atomic mass is 16.6. The molecule has 0 saturated heterocycles. The van der Waals surface area contributed by atoms with Gasteiger partial charge in [0.05, 0.1) is 6.61 Å². The fourth-order valence-electron chi connectivity index (χ4n) is 0.566. The second-order valence-electron chi connectivity index (χ2n) is 2.59. The van der Waals surface area contributed by atoms with E-state index in [0.29, 0.717) is 18.6 Å². The maximum Gasteiger partial charge on any atom is 0.270 e. The normalized spacial score (nSPS) is 9.50. The van der Waals surface area contributed by atoms with Gasteiger partial charge in [-0.05, 0) is 12.8 Å². The molecule has 0 unspecified atom stereocenters. The van der Waals surface area contributed by atoms with Gasteiger partial charge in [0.1, 0.15) is 0 Å². The average Bonchev–Trinajstić information content (AvgIpc) is 2.10. The molecule has 12 heavy (non-hydrogen) atoms. The van der Waals surface area contributed by atoms with Gasteiger partial charge in [0, 0.05) is 5.57 Å². The van der Waals surface area contributed by atoms with E-state index in [2.05, 4.69) is 19.0 Å². The molecule has 0 aromatic heterocycles. The molecule has 0 spiro atoms. The molecular weight excluding hydrogens is 154 g/mol. The fraction of sp³-hybridized carbons (Fsp3) is 0.667. The molecule has 0 aliphatic rings. The third kappa shape index (κ3) is 4.91. The number of nitrogens with one attached hydrogen (secondary N) is 1. The Morgan fingerprint density at radius 3 is 2.67 bits per heavy atom. The topological polar surface area (TPSA) is 38.3 Å². The third-order valence-corrected chi connectivity index (χ3v) is 1.51. The predicted octanol–water partition coefficient (Wildman–Crippen LogP) is 1.80. The van der Waals surface area contributed by atoms with Crippen molar-refractivity contribution in [2.24, 2.45) is 0 Å². The van der Waals surface area contributed by atoms with Crippen molar-refractivity contribution >= 4 is 5.91 Å². The van der Waals surface area contributed by atoms with Gasteiger partial charge < -0.3 is 0 Å². The van der Waals surface area contributed by atoms with Gasteiger partial charge in [-0.25, -0.2) is 5.48 Å². The minimum Gasteiger partial charge on any atom is -0.273 e. The molecule has 0 aliphatic carbocycles. The van der Waals surface area contributed by atoms with Crippen LogP contribution in [0.25, 0.3) is 0 Å². The van der Waals surface area contributed by atoms with Crippen LogP contribution in [-0.2, 0) is 9.63 Å². The lowest BCUT2D eigenvalue weighted by Crippen LogP contribution is -2.25. The highest BCUT2D eigenvalue weighted by Crippen LogP contribution is 1.95. The zero-order valence-electron chi connectivity index (χ0n) is 7.85. The van der Waals surface area contributed by atoms with Crippen LogP contribution < -0.4 is 5.48 Å². The van der Waals surface area contributed by atoms with Gasteiger partial charge in [0.15, 0.2) is 0 Å². The van der Waals surface area contributed by atoms with Crippen LogP contribution in [0.1, 0.15) is 33.1 Å². The van der Waals surface area contributed by atoms with Gasteiger partial charge in [-0.2, -0.15) is 0 Å². The lowest BCUT2D eigenvalue weighted by molar-refractivity contribution is -0.129. The monoisotopic (exact) mass is 171 g/mol. The number of hydrogen-bond donors (Lipinski definition) is 1. The first-order valence-electron chi connectivity index (χ1n) is 4.32. The van der Waals surface area contributed by atoms with Crippen molar-refractivity contribution in [3.63, 3.8) is 0 Å². The highest BCUT2D eigenvalue weighted by molar-refractivity contribution is 5.91. The Hall–Kier alpha value is -0.830. The molecule has 0 fully saturated rings. The van der Waals surface area contributed by atoms with Crippen molar-refractivity contribution < 1.29 is 9.63 Å². The largest absolute Gasteiger partial charge is 0.273 e. The molecule has 0 atom stereocenters. The Labute approximate surface area is 73.7 Å². The van der Waals surface area contributed by atoms with Gasteiger partial charge >= 0.3 is 0 Å². The summed E-state index contributed by atoms with van der Waals surface area (Å²) in [5, 5.41) is 0. The molecular formula is C9H17NO2. The van der Waals surface area contributed by atoms with Crippen molar-refractivity contribution in [1.29, 1.82) is 0 Å². The second-order valence-corrected chi connectivity index (χ2v) is 2.59. The number of hydroxylamine groups is 1. The summed E-state index contributed by atoms with van der Waals surface area (Å²) >= 11 is 0. The van der Waals surface area contributed by atoms with Crippen LogP contribution in [0.2, 0.25) is 0 Å². The van der Waals surface area contributed by atoms with Crippen molar-refractivity contribution in [3.05, 3.63) is 12.2 Å². The quantitative estimate of drug-likeness (QED) is 0.376. The molecule has 0 radical (unpaired) electrons. The molecule has 0 aromatic rings. The van der Waals surface area contributed by atoms with Crippen molar-refractivity contribution in [3.8, 4) is 0 Å². The van der Waals surface area contributed by atoms with Crippen LogP contribution in [0.5, 0.6) is 0 Å². The van der Waals surface area contributed by atoms with E-state index >= 15 is 0 Å². The Bertz CT molecular complexity index is 155. The molecule has 3 nitrogen and oxygen atoms in total. The van der Waals surface area contributed by atoms with Gasteiger partial charge in [-0.3, -0.25) is 9.63 Å². The van der Waals surface area contributed by atoms with Gasteiger partial charge in [-0.1, -0.05) is 26.8 Å².